The fraction of sp³-hybridized carbons (Fsp3) is 0.259. The number of rotatable bonds is 5. The lowest BCUT2D eigenvalue weighted by Gasteiger charge is -2.35. The van der Waals surface area contributed by atoms with Gasteiger partial charge < -0.3 is 14.2 Å². The molecule has 0 amide bonds. The van der Waals surface area contributed by atoms with Gasteiger partial charge in [0.15, 0.2) is 0 Å². The van der Waals surface area contributed by atoms with E-state index in [2.05, 4.69) is 32.2 Å². The topological polar surface area (TPSA) is 79.9 Å². The molecule has 2 aromatic carbocycles. The maximum absolute atomic E-state index is 10.4. The highest BCUT2D eigenvalue weighted by Crippen LogP contribution is 2.43. The summed E-state index contributed by atoms with van der Waals surface area (Å²) in [4.78, 5) is 6.68. The van der Waals surface area contributed by atoms with E-state index in [-0.39, 0.29) is 0 Å². The van der Waals surface area contributed by atoms with Gasteiger partial charge in [0.05, 0.1) is 18.4 Å². The summed E-state index contributed by atoms with van der Waals surface area (Å²) >= 11 is 0. The Morgan fingerprint density at radius 3 is 2.44 bits per heavy atom. The third kappa shape index (κ3) is 3.88. The molecular formula is C27H26N6O. The molecular weight excluding hydrogens is 424 g/mol. The minimum atomic E-state index is 0.350. The quantitative estimate of drug-likeness (QED) is 0.434. The number of piperidine rings is 1. The highest BCUT2D eigenvalue weighted by molar-refractivity contribution is 5.91. The van der Waals surface area contributed by atoms with Crippen molar-refractivity contribution in [3.05, 3.63) is 78.6 Å². The van der Waals surface area contributed by atoms with Crippen molar-refractivity contribution in [2.45, 2.75) is 18.8 Å². The van der Waals surface area contributed by atoms with E-state index in [4.69, 9.17) is 4.74 Å². The van der Waals surface area contributed by atoms with Crippen molar-refractivity contribution < 1.29 is 4.74 Å². The lowest BCUT2D eigenvalue weighted by atomic mass is 9.90. The highest BCUT2D eigenvalue weighted by Gasteiger charge is 2.28. The first-order valence-electron chi connectivity index (χ1n) is 11.4. The summed E-state index contributed by atoms with van der Waals surface area (Å²) in [6.07, 6.45) is 7.17. The first-order chi connectivity index (χ1) is 16.7. The van der Waals surface area contributed by atoms with Crippen molar-refractivity contribution in [2.24, 2.45) is 7.05 Å². The number of pyridine rings is 1. The average Bonchev–Trinajstić information content (AvgIpc) is 3.34. The summed E-state index contributed by atoms with van der Waals surface area (Å²) < 4.78 is 7.65. The van der Waals surface area contributed by atoms with Crippen LogP contribution in [0.5, 0.6) is 5.75 Å². The molecule has 0 atom stereocenters. The Hall–Kier alpha value is -4.18. The van der Waals surface area contributed by atoms with Gasteiger partial charge in [-0.25, -0.2) is 0 Å². The normalized spacial score (nSPS) is 14.1. The molecule has 0 bridgehead atoms. The Morgan fingerprint density at radius 1 is 1.00 bits per heavy atom. The molecule has 0 radical (unpaired) electrons. The van der Waals surface area contributed by atoms with Crippen molar-refractivity contribution in [3.8, 4) is 34.1 Å². The van der Waals surface area contributed by atoms with Crippen molar-refractivity contribution in [2.75, 3.05) is 25.1 Å². The minimum Gasteiger partial charge on any atom is -0.496 e. The fourth-order valence-electron chi connectivity index (χ4n) is 4.89. The molecule has 1 fully saturated rings. The number of benzene rings is 2. The number of methoxy groups -OCH3 is 1. The van der Waals surface area contributed by atoms with E-state index < -0.39 is 0 Å². The van der Waals surface area contributed by atoms with Crippen LogP contribution in [0.15, 0.2) is 67.3 Å². The van der Waals surface area contributed by atoms with Crippen LogP contribution in [0.25, 0.3) is 22.3 Å². The summed E-state index contributed by atoms with van der Waals surface area (Å²) in [5.74, 6) is 2.11. The van der Waals surface area contributed by atoms with Crippen LogP contribution in [0.3, 0.4) is 0 Å². The molecule has 0 N–H and O–H groups in total. The number of aryl methyl sites for hydroxylation is 1. The van der Waals surface area contributed by atoms with Gasteiger partial charge in [0.2, 0.25) is 0 Å². The van der Waals surface area contributed by atoms with Crippen LogP contribution in [0.2, 0.25) is 0 Å². The average molecular weight is 451 g/mol. The molecule has 1 aliphatic rings. The second-order valence-corrected chi connectivity index (χ2v) is 8.50. The van der Waals surface area contributed by atoms with Gasteiger partial charge in [-0.2, -0.15) is 5.26 Å². The second kappa shape index (κ2) is 9.36. The lowest BCUT2D eigenvalue weighted by molar-refractivity contribution is 0.416. The number of hydrogen-bond acceptors (Lipinski definition) is 6. The summed E-state index contributed by atoms with van der Waals surface area (Å²) in [5.41, 5.74) is 5.40. The third-order valence-corrected chi connectivity index (χ3v) is 6.59. The Bertz CT molecular complexity index is 1330. The molecule has 0 saturated carbocycles. The molecule has 170 valence electrons. The molecule has 4 aromatic rings. The summed E-state index contributed by atoms with van der Waals surface area (Å²) in [6.45, 7) is 1.64. The molecule has 7 heteroatoms. The van der Waals surface area contributed by atoms with Gasteiger partial charge in [-0.3, -0.25) is 4.98 Å². The first-order valence-corrected chi connectivity index (χ1v) is 11.4. The smallest absolute Gasteiger partial charge is 0.135 e. The Morgan fingerprint density at radius 2 is 1.76 bits per heavy atom. The monoisotopic (exact) mass is 450 g/mol. The number of nitrogens with zero attached hydrogens (tertiary/aromatic N) is 6. The molecule has 0 aliphatic carbocycles. The lowest BCUT2D eigenvalue weighted by Crippen LogP contribution is -2.34. The van der Waals surface area contributed by atoms with Crippen LogP contribution in [-0.4, -0.2) is 39.9 Å². The molecule has 0 spiro atoms. The third-order valence-electron chi connectivity index (χ3n) is 6.59. The molecule has 34 heavy (non-hydrogen) atoms. The van der Waals surface area contributed by atoms with Crippen LogP contribution in [0, 0.1) is 11.3 Å². The number of hydrogen-bond donors (Lipinski definition) is 0. The van der Waals surface area contributed by atoms with E-state index in [0.717, 1.165) is 65.4 Å². The van der Waals surface area contributed by atoms with Gasteiger partial charge >= 0.3 is 0 Å². The van der Waals surface area contributed by atoms with Crippen LogP contribution in [0.1, 0.15) is 30.1 Å². The zero-order chi connectivity index (χ0) is 23.5. The maximum Gasteiger partial charge on any atom is 0.135 e. The predicted octanol–water partition coefficient (Wildman–Crippen LogP) is 4.81. The van der Waals surface area contributed by atoms with E-state index in [1.165, 1.54) is 0 Å². The predicted molar refractivity (Wildman–Crippen MR) is 132 cm³/mol. The van der Waals surface area contributed by atoms with E-state index in [1.54, 1.807) is 19.6 Å². The first kappa shape index (κ1) is 21.7. The minimum absolute atomic E-state index is 0.350. The zero-order valence-electron chi connectivity index (χ0n) is 19.3. The van der Waals surface area contributed by atoms with E-state index in [0.29, 0.717) is 11.5 Å². The molecule has 3 heterocycles. The molecule has 7 nitrogen and oxygen atoms in total. The fourth-order valence-corrected chi connectivity index (χ4v) is 4.89. The van der Waals surface area contributed by atoms with Gasteiger partial charge in [-0.1, -0.05) is 42.5 Å². The molecule has 1 saturated heterocycles. The molecule has 5 rings (SSSR count). The van der Waals surface area contributed by atoms with Gasteiger partial charge in [-0.05, 0) is 24.5 Å². The van der Waals surface area contributed by atoms with Crippen molar-refractivity contribution in [1.82, 2.24) is 19.7 Å². The van der Waals surface area contributed by atoms with E-state index in [1.807, 2.05) is 60.3 Å². The van der Waals surface area contributed by atoms with Crippen LogP contribution in [-0.2, 0) is 7.05 Å². The SMILES string of the molecule is COc1ccncc1-c1ccc(-c2ccccc2)c(C#N)c1N1CCC(c2nncn2C)CC1. The standard InChI is InChI=1S/C27H26N6O/c1-32-18-30-31-27(32)20-11-14-33(15-12-20)26-22(24-17-29-13-10-25(24)34-2)9-8-21(23(26)16-28)19-6-4-3-5-7-19/h3-10,13,17-18,20H,11-12,14-15H2,1-2H3. The van der Waals surface area contributed by atoms with Gasteiger partial charge in [-0.15, -0.1) is 10.2 Å². The van der Waals surface area contributed by atoms with Crippen LogP contribution in [0.4, 0.5) is 5.69 Å². The van der Waals surface area contributed by atoms with E-state index in [9.17, 15) is 5.26 Å². The Balaban J connectivity index is 1.61. The number of nitriles is 1. The number of aromatic nitrogens is 4. The van der Waals surface area contributed by atoms with E-state index >= 15 is 0 Å². The van der Waals surface area contributed by atoms with Gasteiger partial charge in [0.25, 0.3) is 0 Å². The largest absolute Gasteiger partial charge is 0.496 e. The van der Waals surface area contributed by atoms with Crippen molar-refractivity contribution >= 4 is 5.69 Å². The number of ether oxygens (including phenoxy) is 1. The summed E-state index contributed by atoms with van der Waals surface area (Å²) in [7, 11) is 3.65. The zero-order valence-corrected chi connectivity index (χ0v) is 19.3. The summed E-state index contributed by atoms with van der Waals surface area (Å²) in [6, 6.07) is 18.6. The molecule has 1 aliphatic heterocycles. The number of anilines is 1. The highest BCUT2D eigenvalue weighted by atomic mass is 16.5. The van der Waals surface area contributed by atoms with Crippen LogP contribution >= 0.6 is 0 Å². The molecule has 2 aromatic heterocycles. The Labute approximate surface area is 199 Å². The summed E-state index contributed by atoms with van der Waals surface area (Å²) in [5, 5.41) is 18.8. The van der Waals surface area contributed by atoms with Gasteiger partial charge in [0, 0.05) is 55.1 Å². The van der Waals surface area contributed by atoms with Crippen molar-refractivity contribution in [3.63, 3.8) is 0 Å². The second-order valence-electron chi connectivity index (χ2n) is 8.50. The maximum atomic E-state index is 10.4. The Kier molecular flexibility index (Phi) is 5.96. The van der Waals surface area contributed by atoms with Gasteiger partial charge in [0.1, 0.15) is 24.0 Å². The molecule has 0 unspecified atom stereocenters. The van der Waals surface area contributed by atoms with Crippen molar-refractivity contribution in [1.29, 1.82) is 5.26 Å². The van der Waals surface area contributed by atoms with Crippen LogP contribution < -0.4 is 9.64 Å².